The number of carbonyl (C=O) groups is 1. The summed E-state index contributed by atoms with van der Waals surface area (Å²) in [6.45, 7) is 2.57. The van der Waals surface area contributed by atoms with E-state index in [1.54, 1.807) is 4.90 Å². The minimum Gasteiger partial charge on any atom is -0.384 e. The highest BCUT2D eigenvalue weighted by molar-refractivity contribution is 5.75. The predicted octanol–water partition coefficient (Wildman–Crippen LogP) is 2.96. The number of hydrogen-bond donors (Lipinski definition) is 1. The number of aliphatic hydroxyl groups excluding tert-OH is 1. The van der Waals surface area contributed by atoms with Gasteiger partial charge in [0, 0.05) is 25.6 Å². The Balaban J connectivity index is 2.57. The van der Waals surface area contributed by atoms with Crippen LogP contribution in [-0.4, -0.2) is 29.6 Å². The molecule has 1 aromatic carbocycles. The van der Waals surface area contributed by atoms with Gasteiger partial charge in [-0.3, -0.25) is 4.79 Å². The van der Waals surface area contributed by atoms with Crippen molar-refractivity contribution >= 4 is 5.91 Å². The summed E-state index contributed by atoms with van der Waals surface area (Å²) in [4.78, 5) is 13.8. The first-order valence-electron chi connectivity index (χ1n) is 7.60. The summed E-state index contributed by atoms with van der Waals surface area (Å²) in [7, 11) is 1.83. The summed E-state index contributed by atoms with van der Waals surface area (Å²) in [5, 5.41) is 8.79. The van der Waals surface area contributed by atoms with Crippen LogP contribution in [0.15, 0.2) is 24.3 Å². The Labute approximate surface area is 128 Å². The molecule has 0 aliphatic heterocycles. The summed E-state index contributed by atoms with van der Waals surface area (Å²) in [5.74, 6) is 5.76. The summed E-state index contributed by atoms with van der Waals surface area (Å²) in [5.41, 5.74) is 1.89. The van der Waals surface area contributed by atoms with Crippen molar-refractivity contribution in [2.75, 3.05) is 13.7 Å². The van der Waals surface area contributed by atoms with Gasteiger partial charge in [0.1, 0.15) is 6.61 Å². The highest BCUT2D eigenvalue weighted by Gasteiger charge is 2.10. The van der Waals surface area contributed by atoms with E-state index in [1.807, 2.05) is 31.3 Å². The van der Waals surface area contributed by atoms with Gasteiger partial charge in [0.2, 0.25) is 5.91 Å². The number of nitrogens with zero attached hydrogens (tertiary/aromatic N) is 1. The molecule has 0 aliphatic rings. The maximum atomic E-state index is 12.1. The Bertz CT molecular complexity index is 499. The van der Waals surface area contributed by atoms with Gasteiger partial charge in [-0.2, -0.15) is 0 Å². The molecule has 0 aliphatic carbocycles. The predicted molar refractivity (Wildman–Crippen MR) is 85.6 cm³/mol. The Kier molecular flexibility index (Phi) is 8.23. The van der Waals surface area contributed by atoms with E-state index in [0.29, 0.717) is 13.0 Å². The van der Waals surface area contributed by atoms with Crippen molar-refractivity contribution in [3.8, 4) is 11.8 Å². The fourth-order valence-electron chi connectivity index (χ4n) is 2.15. The zero-order valence-electron chi connectivity index (χ0n) is 13.1. The van der Waals surface area contributed by atoms with Crippen LogP contribution in [0.1, 0.15) is 50.2 Å². The van der Waals surface area contributed by atoms with Crippen molar-refractivity contribution in [3.05, 3.63) is 35.4 Å². The van der Waals surface area contributed by atoms with E-state index < -0.39 is 0 Å². The first kappa shape index (κ1) is 17.3. The van der Waals surface area contributed by atoms with Gasteiger partial charge in [-0.15, -0.1) is 0 Å². The van der Waals surface area contributed by atoms with E-state index in [9.17, 15) is 4.79 Å². The van der Waals surface area contributed by atoms with Crippen LogP contribution >= 0.6 is 0 Å². The molecule has 3 heteroatoms. The maximum Gasteiger partial charge on any atom is 0.222 e. The lowest BCUT2D eigenvalue weighted by atomic mass is 10.1. The fourth-order valence-corrected chi connectivity index (χ4v) is 2.15. The molecule has 1 aromatic rings. The van der Waals surface area contributed by atoms with Crippen LogP contribution in [0.3, 0.4) is 0 Å². The quantitative estimate of drug-likeness (QED) is 0.619. The molecule has 0 heterocycles. The van der Waals surface area contributed by atoms with Gasteiger partial charge in [0.05, 0.1) is 0 Å². The molecule has 114 valence electrons. The maximum absolute atomic E-state index is 12.1. The van der Waals surface area contributed by atoms with Crippen molar-refractivity contribution in [3.63, 3.8) is 0 Å². The average Bonchev–Trinajstić information content (AvgIpc) is 2.50. The van der Waals surface area contributed by atoms with E-state index in [4.69, 9.17) is 5.11 Å². The van der Waals surface area contributed by atoms with Crippen LogP contribution in [0.5, 0.6) is 0 Å². The molecule has 0 spiro atoms. The monoisotopic (exact) mass is 287 g/mol. The van der Waals surface area contributed by atoms with E-state index in [1.165, 1.54) is 12.8 Å². The third kappa shape index (κ3) is 6.46. The van der Waals surface area contributed by atoms with Crippen LogP contribution in [0.2, 0.25) is 0 Å². The van der Waals surface area contributed by atoms with Crippen LogP contribution < -0.4 is 0 Å². The Morgan fingerprint density at radius 1 is 1.24 bits per heavy atom. The van der Waals surface area contributed by atoms with Gasteiger partial charge < -0.3 is 10.0 Å². The van der Waals surface area contributed by atoms with Crippen LogP contribution in [0, 0.1) is 11.8 Å². The second-order valence-electron chi connectivity index (χ2n) is 5.18. The molecule has 21 heavy (non-hydrogen) atoms. The average molecular weight is 287 g/mol. The number of unbranched alkanes of at least 4 members (excludes halogenated alkanes) is 3. The molecule has 0 fully saturated rings. The molecule has 1 N–H and O–H groups in total. The summed E-state index contributed by atoms with van der Waals surface area (Å²) >= 11 is 0. The van der Waals surface area contributed by atoms with Crippen molar-refractivity contribution in [2.24, 2.45) is 0 Å². The lowest BCUT2D eigenvalue weighted by Crippen LogP contribution is -2.26. The van der Waals surface area contributed by atoms with Crippen LogP contribution in [-0.2, 0) is 11.3 Å². The minimum atomic E-state index is -0.152. The first-order chi connectivity index (χ1) is 10.2. The van der Waals surface area contributed by atoms with Gasteiger partial charge >= 0.3 is 0 Å². The third-order valence-electron chi connectivity index (χ3n) is 3.40. The zero-order valence-corrected chi connectivity index (χ0v) is 13.1. The van der Waals surface area contributed by atoms with Gasteiger partial charge in [-0.25, -0.2) is 0 Å². The van der Waals surface area contributed by atoms with Gasteiger partial charge in [-0.05, 0) is 18.1 Å². The lowest BCUT2D eigenvalue weighted by Gasteiger charge is -2.18. The van der Waals surface area contributed by atoms with Crippen molar-refractivity contribution < 1.29 is 9.90 Å². The number of rotatable bonds is 7. The van der Waals surface area contributed by atoms with Gasteiger partial charge in [-0.1, -0.05) is 56.2 Å². The SMILES string of the molecule is CCCCCCC(=O)N(C)Cc1ccccc1C#CCO. The smallest absolute Gasteiger partial charge is 0.222 e. The van der Waals surface area contributed by atoms with E-state index in [0.717, 1.165) is 24.0 Å². The third-order valence-corrected chi connectivity index (χ3v) is 3.40. The number of amides is 1. The Morgan fingerprint density at radius 2 is 2.00 bits per heavy atom. The number of benzene rings is 1. The molecule has 0 bridgehead atoms. The van der Waals surface area contributed by atoms with E-state index in [-0.39, 0.29) is 12.5 Å². The largest absolute Gasteiger partial charge is 0.384 e. The molecule has 1 rings (SSSR count). The highest BCUT2D eigenvalue weighted by Crippen LogP contribution is 2.12. The Hall–Kier alpha value is -1.79. The molecule has 0 atom stereocenters. The molecule has 0 radical (unpaired) electrons. The normalized spacial score (nSPS) is 9.86. The standard InChI is InChI=1S/C18H25NO2/c1-3-4-5-6-13-18(21)19(2)15-17-11-8-7-10-16(17)12-9-14-20/h7-8,10-11,20H,3-6,13-15H2,1-2H3. The molecule has 0 unspecified atom stereocenters. The van der Waals surface area contributed by atoms with Crippen LogP contribution in [0.25, 0.3) is 0 Å². The molecular formula is C18H25NO2. The molecular weight excluding hydrogens is 262 g/mol. The lowest BCUT2D eigenvalue weighted by molar-refractivity contribution is -0.130. The molecule has 0 saturated heterocycles. The number of aliphatic hydroxyl groups is 1. The first-order valence-corrected chi connectivity index (χ1v) is 7.60. The number of carbonyl (C=O) groups excluding carboxylic acids is 1. The van der Waals surface area contributed by atoms with Crippen molar-refractivity contribution in [1.82, 2.24) is 4.90 Å². The van der Waals surface area contributed by atoms with Crippen molar-refractivity contribution in [2.45, 2.75) is 45.6 Å². The molecule has 1 amide bonds. The van der Waals surface area contributed by atoms with E-state index >= 15 is 0 Å². The Morgan fingerprint density at radius 3 is 2.71 bits per heavy atom. The summed E-state index contributed by atoms with van der Waals surface area (Å²) < 4.78 is 0. The second-order valence-corrected chi connectivity index (χ2v) is 5.18. The van der Waals surface area contributed by atoms with E-state index in [2.05, 4.69) is 18.8 Å². The zero-order chi connectivity index (χ0) is 15.5. The van der Waals surface area contributed by atoms with Gasteiger partial charge in [0.25, 0.3) is 0 Å². The molecule has 0 aromatic heterocycles. The fraction of sp³-hybridized carbons (Fsp3) is 0.500. The summed E-state index contributed by atoms with van der Waals surface area (Å²) in [6.07, 6.45) is 5.07. The molecule has 3 nitrogen and oxygen atoms in total. The van der Waals surface area contributed by atoms with Crippen molar-refractivity contribution in [1.29, 1.82) is 0 Å². The van der Waals surface area contributed by atoms with Gasteiger partial charge in [0.15, 0.2) is 0 Å². The molecule has 0 saturated carbocycles. The summed E-state index contributed by atoms with van der Waals surface area (Å²) in [6, 6.07) is 7.75. The second kappa shape index (κ2) is 10.0. The highest BCUT2D eigenvalue weighted by atomic mass is 16.2. The van der Waals surface area contributed by atoms with Crippen LogP contribution in [0.4, 0.5) is 0 Å². The minimum absolute atomic E-state index is 0.152. The number of hydrogen-bond acceptors (Lipinski definition) is 2. The topological polar surface area (TPSA) is 40.5 Å².